The lowest BCUT2D eigenvalue weighted by atomic mass is 9.98. The Morgan fingerprint density at radius 2 is 1.76 bits per heavy atom. The Balaban J connectivity index is 1.65. The van der Waals surface area contributed by atoms with Crippen molar-refractivity contribution in [1.29, 1.82) is 0 Å². The summed E-state index contributed by atoms with van der Waals surface area (Å²) in [6.07, 6.45) is 0.621. The molecule has 0 saturated heterocycles. The third-order valence-electron chi connectivity index (χ3n) is 5.71. The summed E-state index contributed by atoms with van der Waals surface area (Å²) in [5, 5.41) is 0.634. The number of thiazole rings is 1. The molecule has 1 atom stereocenters. The molecule has 1 N–H and O–H groups in total. The number of hydrogen-bond acceptors (Lipinski definition) is 4. The van der Waals surface area contributed by atoms with Gasteiger partial charge < -0.3 is 0 Å². The number of sulfonamides is 1. The van der Waals surface area contributed by atoms with E-state index in [0.717, 1.165) is 33.6 Å². The van der Waals surface area contributed by atoms with E-state index in [1.807, 2.05) is 45.0 Å². The fourth-order valence-electron chi connectivity index (χ4n) is 3.97. The molecule has 0 saturated carbocycles. The van der Waals surface area contributed by atoms with Crippen LogP contribution < -0.4 is 9.60 Å². The van der Waals surface area contributed by atoms with Crippen molar-refractivity contribution in [3.05, 3.63) is 97.6 Å². The van der Waals surface area contributed by atoms with Crippen LogP contribution in [0.4, 0.5) is 0 Å². The van der Waals surface area contributed by atoms with Crippen LogP contribution in [0.3, 0.4) is 0 Å². The molecule has 172 valence electrons. The average molecular weight is 501 g/mol. The summed E-state index contributed by atoms with van der Waals surface area (Å²) in [6, 6.07) is 17.9. The zero-order valence-corrected chi connectivity index (χ0v) is 21.0. The molecule has 4 rings (SSSR count). The molecule has 4 aromatic rings. The largest absolute Gasteiger partial charge is 0.308 e. The minimum atomic E-state index is -3.77. The van der Waals surface area contributed by atoms with Gasteiger partial charge in [0.25, 0.3) is 0 Å². The van der Waals surface area contributed by atoms with E-state index in [0.29, 0.717) is 28.2 Å². The molecule has 0 spiro atoms. The fourth-order valence-corrected chi connectivity index (χ4v) is 6.43. The molecule has 0 aliphatic carbocycles. The van der Waals surface area contributed by atoms with Gasteiger partial charge in [0.2, 0.25) is 10.0 Å². The van der Waals surface area contributed by atoms with Gasteiger partial charge >= 0.3 is 4.87 Å². The van der Waals surface area contributed by atoms with Crippen LogP contribution in [-0.4, -0.2) is 13.0 Å². The summed E-state index contributed by atoms with van der Waals surface area (Å²) in [5.74, 6) is 0. The number of aryl methyl sites for hydroxylation is 2. The maximum atomic E-state index is 13.2. The second kappa shape index (κ2) is 9.43. The molecular formula is C25H25ClN2O3S2. The summed E-state index contributed by atoms with van der Waals surface area (Å²) in [4.78, 5) is 12.7. The van der Waals surface area contributed by atoms with Crippen molar-refractivity contribution in [2.45, 2.75) is 44.7 Å². The lowest BCUT2D eigenvalue weighted by Crippen LogP contribution is -2.28. The standard InChI is InChI=1S/C25H25ClN2O3S2/c1-4-22(21-11-5-16(2)13-17(21)3)27-33(30,31)20-10-12-23-24(14-20)32-25(29)28(23)15-18-6-8-19(26)9-7-18/h5-14,22,27H,4,15H2,1-3H3/t22-/m1/s1. The summed E-state index contributed by atoms with van der Waals surface area (Å²) >= 11 is 7.00. The van der Waals surface area contributed by atoms with Crippen LogP contribution >= 0.6 is 22.9 Å². The first-order valence-corrected chi connectivity index (χ1v) is 13.3. The lowest BCUT2D eigenvalue weighted by Gasteiger charge is -2.20. The monoisotopic (exact) mass is 500 g/mol. The highest BCUT2D eigenvalue weighted by atomic mass is 35.5. The first-order chi connectivity index (χ1) is 15.7. The van der Waals surface area contributed by atoms with E-state index in [4.69, 9.17) is 11.6 Å². The number of fused-ring (bicyclic) bond motifs is 1. The predicted molar refractivity (Wildman–Crippen MR) is 136 cm³/mol. The van der Waals surface area contributed by atoms with Crippen molar-refractivity contribution in [3.63, 3.8) is 0 Å². The third-order valence-corrected chi connectivity index (χ3v) is 8.37. The zero-order valence-electron chi connectivity index (χ0n) is 18.6. The molecule has 0 amide bonds. The van der Waals surface area contributed by atoms with Crippen LogP contribution in [0.15, 0.2) is 70.4 Å². The maximum absolute atomic E-state index is 13.2. The molecular weight excluding hydrogens is 476 g/mol. The Morgan fingerprint density at radius 1 is 1.03 bits per heavy atom. The Hall–Kier alpha value is -2.45. The van der Waals surface area contributed by atoms with Gasteiger partial charge in [-0.1, -0.05) is 65.8 Å². The zero-order chi connectivity index (χ0) is 23.8. The summed E-state index contributed by atoms with van der Waals surface area (Å²) in [5.41, 5.74) is 4.81. The molecule has 1 aromatic heterocycles. The maximum Gasteiger partial charge on any atom is 0.308 e. The lowest BCUT2D eigenvalue weighted by molar-refractivity contribution is 0.549. The number of halogens is 1. The number of nitrogens with one attached hydrogen (secondary N) is 1. The average Bonchev–Trinajstić information content (AvgIpc) is 3.08. The van der Waals surface area contributed by atoms with E-state index >= 15 is 0 Å². The number of aromatic nitrogens is 1. The molecule has 33 heavy (non-hydrogen) atoms. The molecule has 0 radical (unpaired) electrons. The molecule has 5 nitrogen and oxygen atoms in total. The van der Waals surface area contributed by atoms with Gasteiger partial charge in [-0.3, -0.25) is 9.36 Å². The molecule has 0 bridgehead atoms. The molecule has 3 aromatic carbocycles. The number of hydrogen-bond donors (Lipinski definition) is 1. The van der Waals surface area contributed by atoms with Crippen LogP contribution in [0.2, 0.25) is 5.02 Å². The highest BCUT2D eigenvalue weighted by molar-refractivity contribution is 7.89. The number of benzene rings is 3. The summed E-state index contributed by atoms with van der Waals surface area (Å²) in [6.45, 7) is 6.36. The number of rotatable bonds is 7. The smallest absolute Gasteiger partial charge is 0.294 e. The highest BCUT2D eigenvalue weighted by Gasteiger charge is 2.22. The fraction of sp³-hybridized carbons (Fsp3) is 0.240. The van der Waals surface area contributed by atoms with Gasteiger partial charge in [-0.05, 0) is 67.3 Å². The van der Waals surface area contributed by atoms with Crippen LogP contribution in [-0.2, 0) is 16.6 Å². The van der Waals surface area contributed by atoms with Gasteiger partial charge in [-0.15, -0.1) is 0 Å². The SMILES string of the molecule is CC[C@@H](NS(=O)(=O)c1ccc2c(c1)sc(=O)n2Cc1ccc(Cl)cc1)c1ccc(C)cc1C. The Kier molecular flexibility index (Phi) is 6.77. The minimum Gasteiger partial charge on any atom is -0.294 e. The van der Waals surface area contributed by atoms with Crippen molar-refractivity contribution < 1.29 is 8.42 Å². The van der Waals surface area contributed by atoms with Crippen molar-refractivity contribution in [2.75, 3.05) is 0 Å². The molecule has 0 aliphatic heterocycles. The normalized spacial score (nSPS) is 12.8. The van der Waals surface area contributed by atoms with E-state index in [-0.39, 0.29) is 15.8 Å². The van der Waals surface area contributed by atoms with Gasteiger partial charge in [-0.2, -0.15) is 0 Å². The van der Waals surface area contributed by atoms with E-state index < -0.39 is 10.0 Å². The molecule has 0 aliphatic rings. The van der Waals surface area contributed by atoms with Crippen molar-refractivity contribution in [1.82, 2.24) is 9.29 Å². The predicted octanol–water partition coefficient (Wildman–Crippen LogP) is 5.81. The molecule has 8 heteroatoms. The Morgan fingerprint density at radius 3 is 2.42 bits per heavy atom. The Labute approximate surface area is 202 Å². The van der Waals surface area contributed by atoms with Gasteiger partial charge in [-0.25, -0.2) is 13.1 Å². The van der Waals surface area contributed by atoms with E-state index in [1.54, 1.807) is 34.9 Å². The van der Waals surface area contributed by atoms with Gasteiger partial charge in [0, 0.05) is 11.1 Å². The van der Waals surface area contributed by atoms with Crippen LogP contribution in [0.25, 0.3) is 10.2 Å². The van der Waals surface area contributed by atoms with Crippen molar-refractivity contribution in [2.24, 2.45) is 0 Å². The van der Waals surface area contributed by atoms with Crippen molar-refractivity contribution in [3.8, 4) is 0 Å². The van der Waals surface area contributed by atoms with Crippen LogP contribution in [0, 0.1) is 13.8 Å². The Bertz CT molecular complexity index is 1470. The van der Waals surface area contributed by atoms with E-state index in [2.05, 4.69) is 10.8 Å². The van der Waals surface area contributed by atoms with Gasteiger partial charge in [0.1, 0.15) is 0 Å². The first kappa shape index (κ1) is 23.7. The molecule has 1 heterocycles. The minimum absolute atomic E-state index is 0.135. The van der Waals surface area contributed by atoms with Gasteiger partial charge in [0.05, 0.1) is 21.7 Å². The summed E-state index contributed by atoms with van der Waals surface area (Å²) in [7, 11) is -3.77. The van der Waals surface area contributed by atoms with Gasteiger partial charge in [0.15, 0.2) is 0 Å². The molecule has 0 fully saturated rings. The van der Waals surface area contributed by atoms with Crippen molar-refractivity contribution >= 4 is 43.2 Å². The van der Waals surface area contributed by atoms with E-state index in [9.17, 15) is 13.2 Å². The highest BCUT2D eigenvalue weighted by Crippen LogP contribution is 2.27. The van der Waals surface area contributed by atoms with Crippen LogP contribution in [0.5, 0.6) is 0 Å². The first-order valence-electron chi connectivity index (χ1n) is 10.7. The second-order valence-electron chi connectivity index (χ2n) is 8.15. The molecule has 0 unspecified atom stereocenters. The van der Waals surface area contributed by atoms with E-state index in [1.165, 1.54) is 0 Å². The number of nitrogens with zero attached hydrogens (tertiary/aromatic N) is 1. The summed E-state index contributed by atoms with van der Waals surface area (Å²) < 4.78 is 31.5. The topological polar surface area (TPSA) is 68.2 Å². The quantitative estimate of drug-likeness (QED) is 0.348. The third kappa shape index (κ3) is 5.06. The second-order valence-corrected chi connectivity index (χ2v) is 11.3. The van der Waals surface area contributed by atoms with Crippen LogP contribution in [0.1, 0.15) is 41.6 Å².